The van der Waals surface area contributed by atoms with Crippen molar-refractivity contribution in [1.29, 1.82) is 0 Å². The molecule has 1 atom stereocenters. The molecule has 3 aromatic rings. The number of amides is 2. The number of piperidine rings is 1. The Balaban J connectivity index is 1.53. The predicted octanol–water partition coefficient (Wildman–Crippen LogP) is 7.18. The van der Waals surface area contributed by atoms with Crippen LogP contribution in [0.5, 0.6) is 0 Å². The normalized spacial score (nSPS) is 15.1. The summed E-state index contributed by atoms with van der Waals surface area (Å²) in [6, 6.07) is 18.9. The van der Waals surface area contributed by atoms with Crippen molar-refractivity contribution in [1.82, 2.24) is 0 Å². The number of nitrogens with one attached hydrogen (secondary N) is 2. The van der Waals surface area contributed by atoms with Gasteiger partial charge >= 0.3 is 6.09 Å². The third-order valence-corrected chi connectivity index (χ3v) is 6.63. The largest absolute Gasteiger partial charge is 0.431 e. The Bertz CT molecular complexity index is 1330. The van der Waals surface area contributed by atoms with E-state index in [4.69, 9.17) is 32.8 Å². The molecule has 1 fully saturated rings. The lowest BCUT2D eigenvalue weighted by atomic mass is 10.1. The summed E-state index contributed by atoms with van der Waals surface area (Å²) >= 11 is 12.3. The highest BCUT2D eigenvalue weighted by Crippen LogP contribution is 2.30. The van der Waals surface area contributed by atoms with E-state index in [1.54, 1.807) is 61.7 Å². The third kappa shape index (κ3) is 6.76. The molecule has 0 unspecified atom stereocenters. The van der Waals surface area contributed by atoms with E-state index in [1.165, 1.54) is 0 Å². The van der Waals surface area contributed by atoms with Crippen LogP contribution in [-0.2, 0) is 14.4 Å². The summed E-state index contributed by atoms with van der Waals surface area (Å²) in [5, 5.41) is 10.5. The minimum absolute atomic E-state index is 0.300. The van der Waals surface area contributed by atoms with Gasteiger partial charge in [-0.25, -0.2) is 4.79 Å². The summed E-state index contributed by atoms with van der Waals surface area (Å²) < 4.78 is 5.56. The number of ether oxygens (including phenoxy) is 1. The maximum atomic E-state index is 13.4. The van der Waals surface area contributed by atoms with Gasteiger partial charge in [0.05, 0.1) is 0 Å². The molecular formula is C28H28Cl2N4O4. The van der Waals surface area contributed by atoms with Gasteiger partial charge in [-0.1, -0.05) is 46.6 Å². The van der Waals surface area contributed by atoms with Crippen molar-refractivity contribution >= 4 is 58.1 Å². The minimum Gasteiger partial charge on any atom is -0.431 e. The van der Waals surface area contributed by atoms with Gasteiger partial charge < -0.3 is 19.8 Å². The molecule has 1 heterocycles. The highest BCUT2D eigenvalue weighted by Gasteiger charge is 2.28. The minimum atomic E-state index is -1.29. The van der Waals surface area contributed by atoms with Gasteiger partial charge in [0, 0.05) is 45.6 Å². The van der Waals surface area contributed by atoms with E-state index in [1.807, 2.05) is 19.1 Å². The van der Waals surface area contributed by atoms with E-state index >= 15 is 0 Å². The quantitative estimate of drug-likeness (QED) is 0.302. The number of halogens is 2. The Morgan fingerprint density at radius 2 is 1.71 bits per heavy atom. The molecule has 38 heavy (non-hydrogen) atoms. The van der Waals surface area contributed by atoms with E-state index < -0.39 is 18.1 Å². The van der Waals surface area contributed by atoms with Gasteiger partial charge in [0.25, 0.3) is 5.91 Å². The zero-order chi connectivity index (χ0) is 27.1. The zero-order valence-electron chi connectivity index (χ0n) is 21.0. The van der Waals surface area contributed by atoms with E-state index in [2.05, 4.69) is 20.7 Å². The molecule has 0 bridgehead atoms. The molecule has 0 saturated carbocycles. The van der Waals surface area contributed by atoms with Crippen molar-refractivity contribution in [2.45, 2.75) is 32.3 Å². The van der Waals surface area contributed by atoms with Gasteiger partial charge in [-0.2, -0.15) is 0 Å². The Kier molecular flexibility index (Phi) is 9.10. The van der Waals surface area contributed by atoms with Crippen molar-refractivity contribution in [3.63, 3.8) is 0 Å². The van der Waals surface area contributed by atoms with Gasteiger partial charge in [-0.15, -0.1) is 0 Å². The van der Waals surface area contributed by atoms with Crippen molar-refractivity contribution in [3.05, 3.63) is 87.9 Å². The molecule has 2 N–H and O–H groups in total. The topological polar surface area (TPSA) is 92.3 Å². The lowest BCUT2D eigenvalue weighted by Gasteiger charge is -2.31. The molecular weight excluding hydrogens is 527 g/mol. The standard InChI is InChI=1S/C28H28Cl2N4O4/c1-18-17-21(14-15-24(18)34-16-6-5-9-25(34)33-37-2)31-27(35)26(22-7-3-4-8-23(22)30)38-28(36)32-20-12-10-19(29)11-13-20/h3-4,7-8,10-15,17,26H,5-6,9,16H2,1-2H3,(H,31,35)(H,32,36)/b33-25+/t26-/m1/s1. The molecule has 1 aliphatic heterocycles. The van der Waals surface area contributed by atoms with Crippen LogP contribution < -0.4 is 15.5 Å². The van der Waals surface area contributed by atoms with Crippen LogP contribution in [-0.4, -0.2) is 31.5 Å². The average molecular weight is 555 g/mol. The van der Waals surface area contributed by atoms with Crippen molar-refractivity contribution in [3.8, 4) is 0 Å². The number of carbonyl (C=O) groups is 2. The monoisotopic (exact) mass is 554 g/mol. The molecule has 198 valence electrons. The fourth-order valence-corrected chi connectivity index (χ4v) is 4.62. The van der Waals surface area contributed by atoms with Gasteiger partial charge in [0.15, 0.2) is 0 Å². The second kappa shape index (κ2) is 12.7. The molecule has 1 aliphatic rings. The molecule has 1 saturated heterocycles. The fourth-order valence-electron chi connectivity index (χ4n) is 4.25. The highest BCUT2D eigenvalue weighted by atomic mass is 35.5. The van der Waals surface area contributed by atoms with Crippen LogP contribution >= 0.6 is 23.2 Å². The van der Waals surface area contributed by atoms with Crippen LogP contribution in [0.1, 0.15) is 36.5 Å². The van der Waals surface area contributed by atoms with Gasteiger partial charge in [-0.3, -0.25) is 10.1 Å². The van der Waals surface area contributed by atoms with Gasteiger partial charge in [-0.05, 0) is 73.9 Å². The molecule has 3 aromatic carbocycles. The Morgan fingerprint density at radius 1 is 0.974 bits per heavy atom. The number of oxime groups is 1. The Morgan fingerprint density at radius 3 is 2.42 bits per heavy atom. The molecule has 0 aliphatic carbocycles. The summed E-state index contributed by atoms with van der Waals surface area (Å²) in [5.41, 5.74) is 3.32. The second-order valence-electron chi connectivity index (χ2n) is 8.73. The number of amidine groups is 1. The summed E-state index contributed by atoms with van der Waals surface area (Å²) in [7, 11) is 1.54. The SMILES string of the molecule is CO/N=C1\CCCCN1c1ccc(NC(=O)[C@H](OC(=O)Nc2ccc(Cl)cc2)c2ccccc2Cl)cc1C. The summed E-state index contributed by atoms with van der Waals surface area (Å²) in [6.45, 7) is 2.80. The van der Waals surface area contributed by atoms with Crippen molar-refractivity contribution in [2.75, 3.05) is 29.2 Å². The number of hydrogen-bond donors (Lipinski definition) is 2. The number of hydrogen-bond acceptors (Lipinski definition) is 5. The maximum absolute atomic E-state index is 13.4. The number of rotatable bonds is 7. The Hall–Kier alpha value is -3.75. The maximum Gasteiger partial charge on any atom is 0.412 e. The number of benzene rings is 3. The summed E-state index contributed by atoms with van der Waals surface area (Å²) in [5.74, 6) is 0.327. The molecule has 4 rings (SSSR count). The average Bonchev–Trinajstić information content (AvgIpc) is 2.90. The van der Waals surface area contributed by atoms with E-state index in [0.29, 0.717) is 27.0 Å². The zero-order valence-corrected chi connectivity index (χ0v) is 22.6. The number of carbonyl (C=O) groups excluding carboxylic acids is 2. The molecule has 0 radical (unpaired) electrons. The number of aryl methyl sites for hydroxylation is 1. The van der Waals surface area contributed by atoms with Crippen molar-refractivity contribution < 1.29 is 19.2 Å². The summed E-state index contributed by atoms with van der Waals surface area (Å²) in [6.07, 6.45) is 0.838. The third-order valence-electron chi connectivity index (χ3n) is 6.04. The van der Waals surface area contributed by atoms with E-state index in [9.17, 15) is 9.59 Å². The molecule has 0 spiro atoms. The second-order valence-corrected chi connectivity index (χ2v) is 9.57. The van der Waals surface area contributed by atoms with Crippen LogP contribution in [0, 0.1) is 6.92 Å². The van der Waals surface area contributed by atoms with Gasteiger partial charge in [0.2, 0.25) is 6.10 Å². The van der Waals surface area contributed by atoms with Gasteiger partial charge in [0.1, 0.15) is 12.9 Å². The van der Waals surface area contributed by atoms with Crippen LogP contribution in [0.4, 0.5) is 21.9 Å². The summed E-state index contributed by atoms with van der Waals surface area (Å²) in [4.78, 5) is 33.2. The molecule has 2 amide bonds. The van der Waals surface area contributed by atoms with Crippen LogP contribution in [0.3, 0.4) is 0 Å². The van der Waals surface area contributed by atoms with Crippen LogP contribution in [0.15, 0.2) is 71.9 Å². The first-order valence-corrected chi connectivity index (χ1v) is 12.9. The van der Waals surface area contributed by atoms with E-state index in [0.717, 1.165) is 42.9 Å². The molecule has 0 aromatic heterocycles. The Labute approximate surface area is 231 Å². The lowest BCUT2D eigenvalue weighted by Crippen LogP contribution is -2.36. The first kappa shape index (κ1) is 27.3. The lowest BCUT2D eigenvalue weighted by molar-refractivity contribution is -0.124. The molecule has 8 nitrogen and oxygen atoms in total. The predicted molar refractivity (Wildman–Crippen MR) is 151 cm³/mol. The van der Waals surface area contributed by atoms with Crippen LogP contribution in [0.25, 0.3) is 0 Å². The van der Waals surface area contributed by atoms with Crippen LogP contribution in [0.2, 0.25) is 10.0 Å². The first-order valence-electron chi connectivity index (χ1n) is 12.1. The smallest absolute Gasteiger partial charge is 0.412 e. The number of nitrogens with zero attached hydrogens (tertiary/aromatic N) is 2. The van der Waals surface area contributed by atoms with Crippen molar-refractivity contribution in [2.24, 2.45) is 5.16 Å². The molecule has 10 heteroatoms. The first-order chi connectivity index (χ1) is 18.4. The highest BCUT2D eigenvalue weighted by molar-refractivity contribution is 6.31. The number of anilines is 3. The fraction of sp³-hybridized carbons (Fsp3) is 0.250. The van der Waals surface area contributed by atoms with E-state index in [-0.39, 0.29) is 0 Å².